The summed E-state index contributed by atoms with van der Waals surface area (Å²) in [6.07, 6.45) is 3.98. The second kappa shape index (κ2) is 29.6. The maximum Gasteiger partial charge on any atom is 0.330 e. The Bertz CT molecular complexity index is 3120. The van der Waals surface area contributed by atoms with Crippen molar-refractivity contribution < 1.29 is 66.8 Å². The number of fused-ring (bicyclic) bond motifs is 4. The second-order valence-electron chi connectivity index (χ2n) is 23.7. The lowest BCUT2D eigenvalue weighted by Crippen LogP contribution is -2.60. The summed E-state index contributed by atoms with van der Waals surface area (Å²) in [5.74, 6) is -5.45. The predicted octanol–water partition coefficient (Wildman–Crippen LogP) is 6.41. The molecule has 1 saturated heterocycles. The zero-order chi connectivity index (χ0) is 62.3. The molecule has 0 aromatic heterocycles. The van der Waals surface area contributed by atoms with E-state index in [4.69, 9.17) is 23.7 Å². The first-order chi connectivity index (χ1) is 40.2. The lowest BCUT2D eigenvalue weighted by molar-refractivity contribution is -0.165. The standard InChI is InChI=1S/C65H84N6O14/c1-41-26-27-44(36-54(41)81-12)29-31-53-48-22-19-23-49(37-48)82-39-55(72)69(10)43(3)58(75)67-50(35-45-28-30-46-20-13-14-21-47(46)34-45)61(78)70(11)52(38-84-64(4,5)6)59(76)66-42(2)60(77)68(9)32-17-16-25-56(73)83-40-65(7,8)57(74)62(79)71-33-18-15-24-51(71)63(80)85-53/h13-14,16,19-23,25-28,30,34,36-37,42-43,50-53H,15,17-18,24,29,31-33,35,38-40H2,1-12H3,(H,66,76)(H,67,75)/t42-,43+,50+,51+,52+,53-/m1/s1. The number of ketones is 1. The first-order valence-corrected chi connectivity index (χ1v) is 28.9. The van der Waals surface area contributed by atoms with Crippen molar-refractivity contribution in [2.45, 2.75) is 142 Å². The smallest absolute Gasteiger partial charge is 0.330 e. The van der Waals surface area contributed by atoms with Gasteiger partial charge in [-0.25, -0.2) is 9.59 Å². The number of hydrogen-bond donors (Lipinski definition) is 2. The van der Waals surface area contributed by atoms with Gasteiger partial charge in [0.1, 0.15) is 54.4 Å². The summed E-state index contributed by atoms with van der Waals surface area (Å²) in [5, 5.41) is 7.47. The monoisotopic (exact) mass is 1170 g/mol. The van der Waals surface area contributed by atoms with Gasteiger partial charge in [-0.3, -0.25) is 33.6 Å². The van der Waals surface area contributed by atoms with Crippen LogP contribution in [-0.2, 0) is 70.2 Å². The first kappa shape index (κ1) is 66.0. The van der Waals surface area contributed by atoms with Crippen molar-refractivity contribution in [1.82, 2.24) is 30.2 Å². The normalized spacial score (nSPS) is 22.8. The third kappa shape index (κ3) is 18.2. The topological polar surface area (TPSA) is 237 Å². The number of carbonyl (C=O) groups excluding carboxylic acids is 9. The zero-order valence-electron chi connectivity index (χ0n) is 51.2. The lowest BCUT2D eigenvalue weighted by atomic mass is 9.87. The SMILES string of the molecule is COc1cc(CC[C@H]2OC(=O)[C@@H]3CCCCN3C(=O)C(=O)C(C)(C)COC(=O)C=CCCN(C)C(=O)[C@@H](C)NC(=O)[C@H](COC(C)(C)C)N(C)C(=O)[C@H](Cc3ccc4ccccc4c3)NC(=O)[C@H](C)N(C)C(=O)COc3cccc2c3)ccc1C. The number of hydrogen-bond acceptors (Lipinski definition) is 14. The van der Waals surface area contributed by atoms with E-state index in [1.165, 1.54) is 74.5 Å². The molecule has 0 spiro atoms. The molecule has 2 aliphatic rings. The summed E-state index contributed by atoms with van der Waals surface area (Å²) in [4.78, 5) is 132. The maximum atomic E-state index is 14.9. The third-order valence-electron chi connectivity index (χ3n) is 15.4. The van der Waals surface area contributed by atoms with Crippen molar-refractivity contribution in [2.75, 3.05) is 61.2 Å². The predicted molar refractivity (Wildman–Crippen MR) is 319 cm³/mol. The Kier molecular flexibility index (Phi) is 23.0. The molecule has 2 N–H and O–H groups in total. The molecule has 458 valence electrons. The number of aryl methyl sites for hydroxylation is 2. The van der Waals surface area contributed by atoms with Crippen LogP contribution in [0.3, 0.4) is 0 Å². The average Bonchev–Trinajstić information content (AvgIpc) is 3.44. The Morgan fingerprint density at radius 2 is 1.47 bits per heavy atom. The molecule has 20 heteroatoms. The van der Waals surface area contributed by atoms with Crippen LogP contribution >= 0.6 is 0 Å². The highest BCUT2D eigenvalue weighted by Gasteiger charge is 2.43. The number of amides is 6. The summed E-state index contributed by atoms with van der Waals surface area (Å²) < 4.78 is 29.5. The Morgan fingerprint density at radius 3 is 2.19 bits per heavy atom. The molecule has 6 atom stereocenters. The number of esters is 2. The van der Waals surface area contributed by atoms with E-state index in [0.717, 1.165) is 28.0 Å². The van der Waals surface area contributed by atoms with Gasteiger partial charge in [0, 0.05) is 46.7 Å². The average molecular weight is 1170 g/mol. The minimum absolute atomic E-state index is 0.00584. The van der Waals surface area contributed by atoms with E-state index < -0.39 is 114 Å². The first-order valence-electron chi connectivity index (χ1n) is 28.9. The summed E-state index contributed by atoms with van der Waals surface area (Å²) in [6, 6.07) is 20.0. The molecule has 4 aromatic carbocycles. The number of ether oxygens (including phenoxy) is 5. The van der Waals surface area contributed by atoms with Gasteiger partial charge in [0.15, 0.2) is 6.61 Å². The molecule has 6 amide bonds. The minimum atomic E-state index is -1.49. The summed E-state index contributed by atoms with van der Waals surface area (Å²) in [5.41, 5.74) is 0.809. The number of nitrogens with one attached hydrogen (secondary N) is 2. The molecule has 0 unspecified atom stereocenters. The van der Waals surface area contributed by atoms with Gasteiger partial charge >= 0.3 is 11.9 Å². The quantitative estimate of drug-likeness (QED) is 0.143. The Hall–Kier alpha value is -8.13. The van der Waals surface area contributed by atoms with Gasteiger partial charge in [-0.2, -0.15) is 0 Å². The van der Waals surface area contributed by atoms with Crippen LogP contribution in [0, 0.1) is 12.3 Å². The van der Waals surface area contributed by atoms with Gasteiger partial charge in [-0.05, 0) is 145 Å². The number of piperidine rings is 1. The summed E-state index contributed by atoms with van der Waals surface area (Å²) in [7, 11) is 5.97. The van der Waals surface area contributed by atoms with E-state index in [2.05, 4.69) is 10.6 Å². The molecule has 0 saturated carbocycles. The molecule has 0 aliphatic carbocycles. The molecule has 2 heterocycles. The largest absolute Gasteiger partial charge is 0.496 e. The van der Waals surface area contributed by atoms with Crippen molar-refractivity contribution in [3.63, 3.8) is 0 Å². The molecular weight excluding hydrogens is 1090 g/mol. The van der Waals surface area contributed by atoms with Gasteiger partial charge in [0.05, 0.1) is 24.7 Å². The van der Waals surface area contributed by atoms with Crippen LogP contribution in [0.15, 0.2) is 97.1 Å². The van der Waals surface area contributed by atoms with Crippen LogP contribution in [0.4, 0.5) is 0 Å². The number of likely N-dealkylation sites (N-methyl/N-ethyl adjacent to an activating group) is 3. The molecule has 2 bridgehead atoms. The number of carbonyl (C=O) groups is 9. The number of cyclic esters (lactones) is 2. The van der Waals surface area contributed by atoms with Gasteiger partial charge in [0.25, 0.3) is 11.8 Å². The van der Waals surface area contributed by atoms with Gasteiger partial charge in [0.2, 0.25) is 29.4 Å². The highest BCUT2D eigenvalue weighted by molar-refractivity contribution is 6.38. The van der Waals surface area contributed by atoms with Gasteiger partial charge in [-0.1, -0.05) is 72.8 Å². The van der Waals surface area contributed by atoms with Crippen molar-refractivity contribution in [3.05, 3.63) is 119 Å². The molecule has 0 radical (unpaired) electrons. The lowest BCUT2D eigenvalue weighted by Gasteiger charge is -2.36. The molecule has 85 heavy (non-hydrogen) atoms. The van der Waals surface area contributed by atoms with E-state index in [1.807, 2.05) is 67.6 Å². The van der Waals surface area contributed by atoms with Crippen LogP contribution in [0.1, 0.15) is 109 Å². The van der Waals surface area contributed by atoms with Crippen LogP contribution in [0.2, 0.25) is 0 Å². The Morgan fingerprint density at radius 1 is 0.753 bits per heavy atom. The van der Waals surface area contributed by atoms with E-state index >= 15 is 0 Å². The number of methoxy groups -OCH3 is 1. The molecular formula is C65H84N6O14. The maximum absolute atomic E-state index is 14.9. The number of benzene rings is 4. The fourth-order valence-corrected chi connectivity index (χ4v) is 9.92. The molecule has 20 nitrogen and oxygen atoms in total. The molecule has 6 rings (SSSR count). The van der Waals surface area contributed by atoms with Crippen molar-refractivity contribution in [1.29, 1.82) is 0 Å². The van der Waals surface area contributed by atoms with E-state index in [9.17, 15) is 43.2 Å². The second-order valence-corrected chi connectivity index (χ2v) is 23.7. The Balaban J connectivity index is 1.32. The van der Waals surface area contributed by atoms with Gasteiger partial charge < -0.3 is 53.9 Å². The summed E-state index contributed by atoms with van der Waals surface area (Å²) >= 11 is 0. The number of Topliss-reactive ketones (excluding diaryl/α,β-unsaturated/α-hetero) is 1. The third-order valence-corrected chi connectivity index (χ3v) is 15.4. The zero-order valence-corrected chi connectivity index (χ0v) is 51.2. The Labute approximate surface area is 498 Å². The van der Waals surface area contributed by atoms with Crippen LogP contribution in [-0.4, -0.2) is 170 Å². The molecule has 4 aromatic rings. The number of nitrogens with zero attached hydrogens (tertiary/aromatic N) is 4. The summed E-state index contributed by atoms with van der Waals surface area (Å²) in [6.45, 7) is 12.2. The van der Waals surface area contributed by atoms with Crippen LogP contribution < -0.4 is 20.1 Å². The highest BCUT2D eigenvalue weighted by Crippen LogP contribution is 2.32. The van der Waals surface area contributed by atoms with Gasteiger partial charge in [-0.15, -0.1) is 0 Å². The number of rotatable bonds is 8. The fourth-order valence-electron chi connectivity index (χ4n) is 9.92. The van der Waals surface area contributed by atoms with E-state index in [-0.39, 0.29) is 51.1 Å². The van der Waals surface area contributed by atoms with Crippen LogP contribution in [0.5, 0.6) is 11.5 Å². The van der Waals surface area contributed by atoms with Crippen molar-refractivity contribution >= 4 is 63.9 Å². The van der Waals surface area contributed by atoms with Crippen LogP contribution in [0.25, 0.3) is 10.8 Å². The molecule has 1 fully saturated rings. The molecule has 2 aliphatic heterocycles. The highest BCUT2D eigenvalue weighted by atomic mass is 16.5. The van der Waals surface area contributed by atoms with Crippen molar-refractivity contribution in [2.24, 2.45) is 5.41 Å². The van der Waals surface area contributed by atoms with E-state index in [0.29, 0.717) is 36.1 Å². The van der Waals surface area contributed by atoms with E-state index in [1.54, 1.807) is 52.1 Å². The minimum Gasteiger partial charge on any atom is -0.496 e. The fraction of sp³-hybridized carbons (Fsp3) is 0.492. The van der Waals surface area contributed by atoms with Crippen molar-refractivity contribution in [3.8, 4) is 11.5 Å².